The maximum Gasteiger partial charge on any atom is 0.347 e. The smallest absolute Gasteiger partial charge is 0.275 e. The monoisotopic (exact) mass is 287 g/mol. The number of carbonyl (C=O) groups excluding carboxylic acids is 2. The van der Waals surface area contributed by atoms with Crippen LogP contribution in [0.4, 0.5) is 4.79 Å². The Kier molecular flexibility index (Phi) is 3.73. The molecule has 2 aliphatic heterocycles. The lowest BCUT2D eigenvalue weighted by molar-refractivity contribution is -0.118. The van der Waals surface area contributed by atoms with Crippen molar-refractivity contribution in [2.24, 2.45) is 10.9 Å². The van der Waals surface area contributed by atoms with Crippen molar-refractivity contribution in [1.82, 2.24) is 9.62 Å². The van der Waals surface area contributed by atoms with Gasteiger partial charge in [0.15, 0.2) is 5.25 Å². The van der Waals surface area contributed by atoms with E-state index in [0.717, 1.165) is 12.8 Å². The summed E-state index contributed by atoms with van der Waals surface area (Å²) in [6.45, 7) is 4.29. The van der Waals surface area contributed by atoms with E-state index in [2.05, 4.69) is 11.9 Å². The molecule has 0 aromatic rings. The summed E-state index contributed by atoms with van der Waals surface area (Å²) < 4.78 is 26.2. The Bertz CT molecular complexity index is 532. The fourth-order valence-electron chi connectivity index (χ4n) is 2.35. The summed E-state index contributed by atoms with van der Waals surface area (Å²) in [5.41, 5.74) is 0.0346. The summed E-state index contributed by atoms with van der Waals surface area (Å²) in [6, 6.07) is -0.804. The number of nitrogens with one attached hydrogen (secondary N) is 1. The Balaban J connectivity index is 2.27. The molecular weight excluding hydrogens is 270 g/mol. The minimum Gasteiger partial charge on any atom is -0.275 e. The molecule has 1 fully saturated rings. The van der Waals surface area contributed by atoms with E-state index in [1.807, 2.05) is 5.32 Å². The van der Waals surface area contributed by atoms with Crippen molar-refractivity contribution in [3.05, 3.63) is 0 Å². The van der Waals surface area contributed by atoms with E-state index in [1.165, 1.54) is 11.2 Å². The molecule has 8 heteroatoms. The molecule has 2 heterocycles. The third kappa shape index (κ3) is 2.69. The number of carbonyl (C=O) groups is 2. The molecule has 19 heavy (non-hydrogen) atoms. The van der Waals surface area contributed by atoms with Crippen LogP contribution in [0.1, 0.15) is 26.7 Å². The second-order valence-electron chi connectivity index (χ2n) is 5.05. The maximum absolute atomic E-state index is 12.4. The summed E-state index contributed by atoms with van der Waals surface area (Å²) in [7, 11) is -3.79. The molecule has 1 saturated heterocycles. The van der Waals surface area contributed by atoms with Gasteiger partial charge in [0.2, 0.25) is 10.0 Å². The lowest BCUT2D eigenvalue weighted by Gasteiger charge is -2.32. The second-order valence-corrected chi connectivity index (χ2v) is 7.07. The molecule has 0 radical (unpaired) electrons. The van der Waals surface area contributed by atoms with Crippen LogP contribution in [0.2, 0.25) is 0 Å². The van der Waals surface area contributed by atoms with Crippen LogP contribution in [-0.4, -0.2) is 48.7 Å². The SMILES string of the molecule is CC1=NC(=O)NC(=O)C1S(=O)(=O)N1CCC(C)CC1. The van der Waals surface area contributed by atoms with Crippen molar-refractivity contribution in [3.8, 4) is 0 Å². The number of nitrogens with zero attached hydrogens (tertiary/aromatic N) is 2. The largest absolute Gasteiger partial charge is 0.347 e. The van der Waals surface area contributed by atoms with Crippen molar-refractivity contribution >= 4 is 27.7 Å². The molecule has 3 amide bonds. The summed E-state index contributed by atoms with van der Waals surface area (Å²) in [5, 5.41) is 0.566. The van der Waals surface area contributed by atoms with E-state index in [0.29, 0.717) is 19.0 Å². The molecule has 106 valence electrons. The molecule has 0 aliphatic carbocycles. The van der Waals surface area contributed by atoms with E-state index in [-0.39, 0.29) is 5.71 Å². The first-order valence-electron chi connectivity index (χ1n) is 6.21. The minimum absolute atomic E-state index is 0.0346. The Morgan fingerprint density at radius 2 is 1.84 bits per heavy atom. The van der Waals surface area contributed by atoms with Gasteiger partial charge in [0.25, 0.3) is 5.91 Å². The number of imide groups is 1. The highest BCUT2D eigenvalue weighted by molar-refractivity contribution is 7.91. The summed E-state index contributed by atoms with van der Waals surface area (Å²) in [5.74, 6) is -0.320. The zero-order valence-corrected chi connectivity index (χ0v) is 11.7. The van der Waals surface area contributed by atoms with Gasteiger partial charge >= 0.3 is 6.03 Å². The van der Waals surface area contributed by atoms with Gasteiger partial charge in [-0.05, 0) is 25.7 Å². The number of sulfonamides is 1. The molecule has 2 aliphatic rings. The van der Waals surface area contributed by atoms with E-state index in [1.54, 1.807) is 0 Å². The topological polar surface area (TPSA) is 95.9 Å². The van der Waals surface area contributed by atoms with E-state index in [9.17, 15) is 18.0 Å². The van der Waals surface area contributed by atoms with Crippen LogP contribution < -0.4 is 5.32 Å². The van der Waals surface area contributed by atoms with Gasteiger partial charge in [0.05, 0.1) is 0 Å². The molecule has 1 unspecified atom stereocenters. The Morgan fingerprint density at radius 1 is 1.26 bits per heavy atom. The van der Waals surface area contributed by atoms with Gasteiger partial charge in [-0.1, -0.05) is 6.92 Å². The number of hydrogen-bond donors (Lipinski definition) is 1. The van der Waals surface area contributed by atoms with Crippen LogP contribution in [-0.2, 0) is 14.8 Å². The highest BCUT2D eigenvalue weighted by Gasteiger charge is 2.43. The minimum atomic E-state index is -3.79. The molecule has 7 nitrogen and oxygen atoms in total. The highest BCUT2D eigenvalue weighted by Crippen LogP contribution is 2.22. The molecule has 2 rings (SSSR count). The maximum atomic E-state index is 12.4. The highest BCUT2D eigenvalue weighted by atomic mass is 32.2. The number of piperidine rings is 1. The van der Waals surface area contributed by atoms with Crippen LogP contribution in [0.25, 0.3) is 0 Å². The quantitative estimate of drug-likeness (QED) is 0.780. The molecule has 0 saturated carbocycles. The van der Waals surface area contributed by atoms with Crippen LogP contribution in [0.3, 0.4) is 0 Å². The molecule has 1 atom stereocenters. The van der Waals surface area contributed by atoms with E-state index < -0.39 is 27.2 Å². The summed E-state index contributed by atoms with van der Waals surface area (Å²) >= 11 is 0. The number of urea groups is 1. The van der Waals surface area contributed by atoms with Gasteiger partial charge in [0, 0.05) is 18.8 Å². The third-order valence-corrected chi connectivity index (χ3v) is 5.76. The zero-order chi connectivity index (χ0) is 14.2. The van der Waals surface area contributed by atoms with Crippen LogP contribution >= 0.6 is 0 Å². The van der Waals surface area contributed by atoms with Gasteiger partial charge in [-0.2, -0.15) is 0 Å². The predicted octanol–water partition coefficient (Wildman–Crippen LogP) is 0.127. The first-order chi connectivity index (χ1) is 8.82. The van der Waals surface area contributed by atoms with Gasteiger partial charge in [-0.25, -0.2) is 22.5 Å². The lowest BCUT2D eigenvalue weighted by atomic mass is 10.0. The standard InChI is InChI=1S/C11H17N3O4S/c1-7-3-5-14(6-4-7)19(17,18)9-8(2)12-11(16)13-10(9)15/h7,9H,3-6H2,1-2H3,(H,13,15,16). The second kappa shape index (κ2) is 5.01. The van der Waals surface area contributed by atoms with Crippen molar-refractivity contribution in [3.63, 3.8) is 0 Å². The van der Waals surface area contributed by atoms with E-state index in [4.69, 9.17) is 0 Å². The van der Waals surface area contributed by atoms with Crippen molar-refractivity contribution in [1.29, 1.82) is 0 Å². The summed E-state index contributed by atoms with van der Waals surface area (Å²) in [6.07, 6.45) is 1.56. The first kappa shape index (κ1) is 14.1. The molecule has 0 aromatic carbocycles. The fourth-order valence-corrected chi connectivity index (χ4v) is 4.18. The molecule has 0 bridgehead atoms. The normalized spacial score (nSPS) is 27.1. The van der Waals surface area contributed by atoms with E-state index >= 15 is 0 Å². The van der Waals surface area contributed by atoms with Crippen molar-refractivity contribution in [2.75, 3.05) is 13.1 Å². The van der Waals surface area contributed by atoms with Gasteiger partial charge in [-0.3, -0.25) is 10.1 Å². The molecule has 0 spiro atoms. The first-order valence-corrected chi connectivity index (χ1v) is 7.71. The average Bonchev–Trinajstić information content (AvgIpc) is 2.27. The van der Waals surface area contributed by atoms with Gasteiger partial charge in [-0.15, -0.1) is 0 Å². The molecule has 0 aromatic heterocycles. The number of amides is 3. The zero-order valence-electron chi connectivity index (χ0n) is 10.9. The van der Waals surface area contributed by atoms with Gasteiger partial charge in [0.1, 0.15) is 0 Å². The van der Waals surface area contributed by atoms with Crippen LogP contribution in [0.15, 0.2) is 4.99 Å². The van der Waals surface area contributed by atoms with Crippen molar-refractivity contribution in [2.45, 2.75) is 31.9 Å². The average molecular weight is 287 g/mol. The van der Waals surface area contributed by atoms with Gasteiger partial charge < -0.3 is 0 Å². The fraction of sp³-hybridized carbons (Fsp3) is 0.727. The third-order valence-electron chi connectivity index (χ3n) is 3.53. The summed E-state index contributed by atoms with van der Waals surface area (Å²) in [4.78, 5) is 26.3. The molecule has 1 N–H and O–H groups in total. The Morgan fingerprint density at radius 3 is 2.37 bits per heavy atom. The Labute approximate surface area is 112 Å². The number of aliphatic imine (C=N–C) groups is 1. The molecular formula is C11H17N3O4S. The van der Waals surface area contributed by atoms with Crippen molar-refractivity contribution < 1.29 is 18.0 Å². The Hall–Kier alpha value is -1.28. The van der Waals surface area contributed by atoms with Crippen LogP contribution in [0, 0.1) is 5.92 Å². The predicted molar refractivity (Wildman–Crippen MR) is 69.3 cm³/mol. The lowest BCUT2D eigenvalue weighted by Crippen LogP contribution is -2.55. The number of rotatable bonds is 2. The van der Waals surface area contributed by atoms with Crippen LogP contribution in [0.5, 0.6) is 0 Å². The number of hydrogen-bond acceptors (Lipinski definition) is 4.